The second-order valence-electron chi connectivity index (χ2n) is 8.37. The van der Waals surface area contributed by atoms with Crippen LogP contribution in [0.25, 0.3) is 0 Å². The highest BCUT2D eigenvalue weighted by atomic mass is 35.5. The Hall–Kier alpha value is -2.78. The molecule has 0 saturated carbocycles. The number of likely N-dealkylation sites (N-methyl/N-ethyl adjacent to an activating group) is 1. The number of hydrogen-bond acceptors (Lipinski definition) is 5. The van der Waals surface area contributed by atoms with Crippen molar-refractivity contribution in [2.45, 2.75) is 39.8 Å². The third-order valence-electron chi connectivity index (χ3n) is 6.13. The Kier molecular flexibility index (Phi) is 8.79. The van der Waals surface area contributed by atoms with Gasteiger partial charge in [0.05, 0.1) is 18.2 Å². The predicted octanol–water partition coefficient (Wildman–Crippen LogP) is 2.98. The molecular formula is C24H34ClN5O4. The van der Waals surface area contributed by atoms with Crippen molar-refractivity contribution in [3.63, 3.8) is 0 Å². The molecule has 4 amide bonds. The first-order chi connectivity index (χ1) is 16.3. The van der Waals surface area contributed by atoms with Crippen LogP contribution in [0.15, 0.2) is 35.5 Å². The zero-order valence-corrected chi connectivity index (χ0v) is 21.0. The summed E-state index contributed by atoms with van der Waals surface area (Å²) in [6.07, 6.45) is 0. The molecule has 1 fully saturated rings. The highest BCUT2D eigenvalue weighted by molar-refractivity contribution is 6.30. The molecule has 2 aliphatic rings. The molecule has 1 saturated heterocycles. The van der Waals surface area contributed by atoms with Crippen LogP contribution in [0.4, 0.5) is 9.59 Å². The number of piperazine rings is 1. The lowest BCUT2D eigenvalue weighted by Gasteiger charge is -2.42. The summed E-state index contributed by atoms with van der Waals surface area (Å²) in [6, 6.07) is 6.09. The Bertz CT molecular complexity index is 936. The van der Waals surface area contributed by atoms with Crippen molar-refractivity contribution in [2.24, 2.45) is 0 Å². The smallest absolute Gasteiger partial charge is 0.338 e. The van der Waals surface area contributed by atoms with Crippen LogP contribution in [0.1, 0.15) is 39.3 Å². The third-order valence-corrected chi connectivity index (χ3v) is 6.38. The highest BCUT2D eigenvalue weighted by Crippen LogP contribution is 2.33. The van der Waals surface area contributed by atoms with Gasteiger partial charge in [-0.2, -0.15) is 0 Å². The average Bonchev–Trinajstić information content (AvgIpc) is 2.79. The minimum absolute atomic E-state index is 0.00787. The Morgan fingerprint density at radius 1 is 1.18 bits per heavy atom. The van der Waals surface area contributed by atoms with E-state index < -0.39 is 12.0 Å². The zero-order valence-electron chi connectivity index (χ0n) is 20.3. The molecule has 2 N–H and O–H groups in total. The Morgan fingerprint density at radius 3 is 2.47 bits per heavy atom. The van der Waals surface area contributed by atoms with Crippen LogP contribution in [0.2, 0.25) is 5.02 Å². The van der Waals surface area contributed by atoms with Crippen LogP contribution in [0.5, 0.6) is 0 Å². The lowest BCUT2D eigenvalue weighted by Crippen LogP contribution is -2.58. The summed E-state index contributed by atoms with van der Waals surface area (Å²) in [4.78, 5) is 44.2. The Labute approximate surface area is 206 Å². The molecule has 9 nitrogen and oxygen atoms in total. The summed E-state index contributed by atoms with van der Waals surface area (Å²) in [7, 11) is 0. The van der Waals surface area contributed by atoms with E-state index in [0.29, 0.717) is 55.6 Å². The first-order valence-electron chi connectivity index (χ1n) is 11.8. The molecule has 1 aromatic carbocycles. The molecule has 1 aromatic rings. The fourth-order valence-corrected chi connectivity index (χ4v) is 4.63. The van der Waals surface area contributed by atoms with E-state index in [1.54, 1.807) is 36.1 Å². The van der Waals surface area contributed by atoms with Crippen LogP contribution in [-0.2, 0) is 9.53 Å². The van der Waals surface area contributed by atoms with Crippen molar-refractivity contribution in [3.8, 4) is 0 Å². The quantitative estimate of drug-likeness (QED) is 0.572. The second-order valence-corrected chi connectivity index (χ2v) is 8.81. The molecule has 0 bridgehead atoms. The fraction of sp³-hybridized carbons (Fsp3) is 0.542. The summed E-state index contributed by atoms with van der Waals surface area (Å²) in [5.74, 6) is -0.454. The van der Waals surface area contributed by atoms with Crippen LogP contribution in [-0.4, -0.2) is 84.6 Å². The van der Waals surface area contributed by atoms with Gasteiger partial charge in [0, 0.05) is 56.0 Å². The number of benzene rings is 1. The summed E-state index contributed by atoms with van der Waals surface area (Å²) >= 11 is 6.06. The van der Waals surface area contributed by atoms with Gasteiger partial charge in [-0.05, 0) is 45.4 Å². The molecule has 2 heterocycles. The topological polar surface area (TPSA) is 94.2 Å². The lowest BCUT2D eigenvalue weighted by molar-refractivity contribution is -0.139. The molecule has 0 aromatic heterocycles. The van der Waals surface area contributed by atoms with E-state index >= 15 is 0 Å². The van der Waals surface area contributed by atoms with Crippen molar-refractivity contribution in [1.29, 1.82) is 0 Å². The molecule has 0 radical (unpaired) electrons. The van der Waals surface area contributed by atoms with Crippen molar-refractivity contribution in [2.75, 3.05) is 45.9 Å². The van der Waals surface area contributed by atoms with Crippen molar-refractivity contribution >= 4 is 29.6 Å². The number of rotatable bonds is 7. The van der Waals surface area contributed by atoms with Gasteiger partial charge in [0.1, 0.15) is 0 Å². The first-order valence-corrected chi connectivity index (χ1v) is 12.2. The standard InChI is InChI=1S/C24H34ClN5O4/c1-5-26-23(32)30-13-12-28(14-16(30)4)15-19-20(22(31)34-7-3)21(27-24(33)29(19)6-2)17-8-10-18(25)11-9-17/h8-11,16,21H,5-7,12-15H2,1-4H3,(H,26,32)(H,27,33). The number of esters is 1. The van der Waals surface area contributed by atoms with Crippen LogP contribution >= 0.6 is 11.6 Å². The lowest BCUT2D eigenvalue weighted by atomic mass is 9.94. The maximum atomic E-state index is 13.2. The largest absolute Gasteiger partial charge is 0.463 e. The summed E-state index contributed by atoms with van der Waals surface area (Å²) < 4.78 is 5.42. The Morgan fingerprint density at radius 2 is 1.88 bits per heavy atom. The number of ether oxygens (including phenoxy) is 1. The minimum atomic E-state index is -0.643. The van der Waals surface area contributed by atoms with Gasteiger partial charge in [-0.15, -0.1) is 0 Å². The van der Waals surface area contributed by atoms with Gasteiger partial charge in [-0.3, -0.25) is 9.80 Å². The molecule has 10 heteroatoms. The van der Waals surface area contributed by atoms with Crippen LogP contribution in [0.3, 0.4) is 0 Å². The number of nitrogens with one attached hydrogen (secondary N) is 2. The van der Waals surface area contributed by atoms with Gasteiger partial charge >= 0.3 is 18.0 Å². The van der Waals surface area contributed by atoms with Gasteiger partial charge in [0.25, 0.3) is 0 Å². The SMILES string of the molecule is CCNC(=O)N1CCN(CC2=C(C(=O)OCC)C(c3ccc(Cl)cc3)NC(=O)N2CC)CC1C. The second kappa shape index (κ2) is 11.6. The third kappa shape index (κ3) is 5.64. The number of amides is 4. The maximum Gasteiger partial charge on any atom is 0.338 e. The molecule has 34 heavy (non-hydrogen) atoms. The van der Waals surface area contributed by atoms with E-state index in [9.17, 15) is 14.4 Å². The van der Waals surface area contributed by atoms with Gasteiger partial charge in [-0.25, -0.2) is 14.4 Å². The predicted molar refractivity (Wildman–Crippen MR) is 130 cm³/mol. The molecular weight excluding hydrogens is 458 g/mol. The van der Waals surface area contributed by atoms with Crippen LogP contribution in [0, 0.1) is 0 Å². The van der Waals surface area contributed by atoms with E-state index in [1.165, 1.54) is 0 Å². The average molecular weight is 492 g/mol. The van der Waals surface area contributed by atoms with Crippen molar-refractivity contribution < 1.29 is 19.1 Å². The van der Waals surface area contributed by atoms with Crippen molar-refractivity contribution in [1.82, 2.24) is 25.3 Å². The fourth-order valence-electron chi connectivity index (χ4n) is 4.51. The normalized spacial score (nSPS) is 21.4. The number of carbonyl (C=O) groups excluding carboxylic acids is 3. The number of carbonyl (C=O) groups is 3. The number of halogens is 1. The van der Waals surface area contributed by atoms with E-state index in [0.717, 1.165) is 5.56 Å². The molecule has 2 atom stereocenters. The van der Waals surface area contributed by atoms with E-state index in [-0.39, 0.29) is 24.7 Å². The van der Waals surface area contributed by atoms with E-state index in [4.69, 9.17) is 16.3 Å². The molecule has 2 aliphatic heterocycles. The molecule has 0 aliphatic carbocycles. The maximum absolute atomic E-state index is 13.2. The molecule has 2 unspecified atom stereocenters. The van der Waals surface area contributed by atoms with Gasteiger partial charge in [0.15, 0.2) is 0 Å². The minimum Gasteiger partial charge on any atom is -0.463 e. The Balaban J connectivity index is 1.95. The number of hydrogen-bond donors (Lipinski definition) is 2. The summed E-state index contributed by atoms with van der Waals surface area (Å²) in [5.41, 5.74) is 1.80. The summed E-state index contributed by atoms with van der Waals surface area (Å²) in [6.45, 7) is 11.0. The van der Waals surface area contributed by atoms with Gasteiger partial charge in [0.2, 0.25) is 0 Å². The summed E-state index contributed by atoms with van der Waals surface area (Å²) in [5, 5.41) is 6.39. The highest BCUT2D eigenvalue weighted by Gasteiger charge is 2.39. The van der Waals surface area contributed by atoms with E-state index in [1.807, 2.05) is 25.7 Å². The molecule has 186 valence electrons. The number of urea groups is 2. The monoisotopic (exact) mass is 491 g/mol. The zero-order chi connectivity index (χ0) is 24.8. The van der Waals surface area contributed by atoms with E-state index in [2.05, 4.69) is 15.5 Å². The first kappa shape index (κ1) is 25.8. The van der Waals surface area contributed by atoms with Gasteiger partial charge < -0.3 is 20.3 Å². The number of nitrogens with zero attached hydrogens (tertiary/aromatic N) is 3. The van der Waals surface area contributed by atoms with Gasteiger partial charge in [-0.1, -0.05) is 23.7 Å². The molecule has 0 spiro atoms. The van der Waals surface area contributed by atoms with Crippen LogP contribution < -0.4 is 10.6 Å². The molecule has 3 rings (SSSR count). The van der Waals surface area contributed by atoms with Crippen molar-refractivity contribution in [3.05, 3.63) is 46.1 Å².